The van der Waals surface area contributed by atoms with Crippen LogP contribution in [0.25, 0.3) is 11.0 Å². The fourth-order valence-corrected chi connectivity index (χ4v) is 4.92. The van der Waals surface area contributed by atoms with Crippen molar-refractivity contribution in [1.29, 1.82) is 0 Å². The number of phenols is 2. The molecule has 1 aliphatic carbocycles. The third kappa shape index (κ3) is 5.25. The number of carbonyl (C=O) groups excluding carboxylic acids is 2. The molecule has 37 heavy (non-hydrogen) atoms. The summed E-state index contributed by atoms with van der Waals surface area (Å²) in [5, 5.41) is 31.6. The number of anilines is 1. The number of aromatic hydroxyl groups is 2. The summed E-state index contributed by atoms with van der Waals surface area (Å²) in [5.41, 5.74) is 2.27. The Balaban J connectivity index is 1.56. The minimum absolute atomic E-state index is 0.0152. The predicted octanol–water partition coefficient (Wildman–Crippen LogP) is 4.07. The summed E-state index contributed by atoms with van der Waals surface area (Å²) in [6.07, 6.45) is 4.97. The van der Waals surface area contributed by atoms with Crippen LogP contribution in [0.1, 0.15) is 43.7 Å². The quantitative estimate of drug-likeness (QED) is 0.330. The van der Waals surface area contributed by atoms with E-state index in [0.717, 1.165) is 32.1 Å². The van der Waals surface area contributed by atoms with Crippen LogP contribution in [0, 0.1) is 0 Å². The van der Waals surface area contributed by atoms with Crippen LogP contribution in [0.5, 0.6) is 11.5 Å². The van der Waals surface area contributed by atoms with E-state index in [-0.39, 0.29) is 35.9 Å². The van der Waals surface area contributed by atoms with Gasteiger partial charge < -0.3 is 15.5 Å². The van der Waals surface area contributed by atoms with Gasteiger partial charge in [-0.1, -0.05) is 60.9 Å². The van der Waals surface area contributed by atoms with Gasteiger partial charge in [-0.3, -0.25) is 14.5 Å². The number of fused-ring (bicyclic) bond motifs is 1. The maximum Gasteiger partial charge on any atom is 0.249 e. The van der Waals surface area contributed by atoms with E-state index in [9.17, 15) is 19.8 Å². The summed E-state index contributed by atoms with van der Waals surface area (Å²) < 4.78 is 1.51. The van der Waals surface area contributed by atoms with E-state index in [1.165, 1.54) is 21.7 Å². The number of aromatic nitrogens is 3. The second kappa shape index (κ2) is 10.7. The molecular formula is C28H29N5O4. The number of phenolic OH excluding ortho intramolecular Hbond substituents is 2. The Kier molecular flexibility index (Phi) is 7.02. The van der Waals surface area contributed by atoms with Gasteiger partial charge in [-0.25, -0.2) is 4.68 Å². The lowest BCUT2D eigenvalue weighted by Crippen LogP contribution is -2.48. The summed E-state index contributed by atoms with van der Waals surface area (Å²) in [7, 11) is 0. The average Bonchev–Trinajstić information content (AvgIpc) is 3.32. The molecular weight excluding hydrogens is 470 g/mol. The zero-order valence-electron chi connectivity index (χ0n) is 20.3. The number of hydrogen-bond acceptors (Lipinski definition) is 6. The number of carbonyl (C=O) groups is 2. The average molecular weight is 500 g/mol. The molecule has 1 fully saturated rings. The van der Waals surface area contributed by atoms with Gasteiger partial charge >= 0.3 is 0 Å². The molecule has 1 aliphatic rings. The van der Waals surface area contributed by atoms with Crippen LogP contribution in [0.2, 0.25) is 0 Å². The number of hydrogen-bond donors (Lipinski definition) is 3. The highest BCUT2D eigenvalue weighted by atomic mass is 16.3. The molecule has 0 unspecified atom stereocenters. The first kappa shape index (κ1) is 24.3. The van der Waals surface area contributed by atoms with Crippen LogP contribution in [0.15, 0.2) is 72.8 Å². The molecule has 1 heterocycles. The Morgan fingerprint density at radius 1 is 0.946 bits per heavy atom. The van der Waals surface area contributed by atoms with Gasteiger partial charge in [0.25, 0.3) is 0 Å². The van der Waals surface area contributed by atoms with E-state index in [0.29, 0.717) is 22.3 Å². The molecule has 3 aromatic carbocycles. The minimum atomic E-state index is -1.09. The fourth-order valence-electron chi connectivity index (χ4n) is 4.92. The van der Waals surface area contributed by atoms with Crippen molar-refractivity contribution in [3.8, 4) is 11.5 Å². The zero-order valence-corrected chi connectivity index (χ0v) is 20.3. The number of benzene rings is 3. The van der Waals surface area contributed by atoms with Gasteiger partial charge in [0, 0.05) is 11.7 Å². The van der Waals surface area contributed by atoms with Gasteiger partial charge in [0.15, 0.2) is 11.5 Å². The summed E-state index contributed by atoms with van der Waals surface area (Å²) in [5.74, 6) is -1.39. The molecule has 9 heteroatoms. The Bertz CT molecular complexity index is 1400. The number of nitrogens with zero attached hydrogens (tertiary/aromatic N) is 4. The smallest absolute Gasteiger partial charge is 0.249 e. The molecule has 0 saturated heterocycles. The van der Waals surface area contributed by atoms with E-state index in [4.69, 9.17) is 0 Å². The van der Waals surface area contributed by atoms with Crippen LogP contribution in [0.3, 0.4) is 0 Å². The Morgan fingerprint density at radius 3 is 2.43 bits per heavy atom. The maximum atomic E-state index is 14.0. The zero-order chi connectivity index (χ0) is 25.8. The van der Waals surface area contributed by atoms with Gasteiger partial charge in [-0.15, -0.1) is 5.10 Å². The van der Waals surface area contributed by atoms with Crippen LogP contribution in [0.4, 0.5) is 5.69 Å². The molecule has 0 aliphatic heterocycles. The van der Waals surface area contributed by atoms with Crippen LogP contribution in [-0.4, -0.2) is 43.1 Å². The Hall–Kier alpha value is -4.40. The number of amides is 2. The summed E-state index contributed by atoms with van der Waals surface area (Å²) >= 11 is 0. The van der Waals surface area contributed by atoms with Crippen LogP contribution in [-0.2, 0) is 16.1 Å². The molecule has 3 N–H and O–H groups in total. The lowest BCUT2D eigenvalue weighted by molar-refractivity contribution is -0.127. The molecule has 5 rings (SSSR count). The van der Waals surface area contributed by atoms with E-state index in [1.54, 1.807) is 30.3 Å². The molecule has 1 atom stereocenters. The lowest BCUT2D eigenvalue weighted by atomic mass is 9.94. The highest BCUT2D eigenvalue weighted by Gasteiger charge is 2.35. The molecule has 0 radical (unpaired) electrons. The summed E-state index contributed by atoms with van der Waals surface area (Å²) in [4.78, 5) is 29.3. The first-order valence-corrected chi connectivity index (χ1v) is 12.5. The highest BCUT2D eigenvalue weighted by Crippen LogP contribution is 2.34. The Labute approximate surface area is 214 Å². The second-order valence-electron chi connectivity index (χ2n) is 9.33. The van der Waals surface area contributed by atoms with Crippen molar-refractivity contribution in [3.05, 3.63) is 78.4 Å². The first-order chi connectivity index (χ1) is 18.0. The largest absolute Gasteiger partial charge is 0.504 e. The van der Waals surface area contributed by atoms with Gasteiger partial charge in [-0.2, -0.15) is 0 Å². The number of rotatable bonds is 7. The van der Waals surface area contributed by atoms with Crippen molar-refractivity contribution < 1.29 is 19.8 Å². The van der Waals surface area contributed by atoms with Crippen molar-refractivity contribution in [3.63, 3.8) is 0 Å². The topological polar surface area (TPSA) is 121 Å². The van der Waals surface area contributed by atoms with Crippen LogP contribution < -0.4 is 10.2 Å². The molecule has 2 amide bonds. The third-order valence-electron chi connectivity index (χ3n) is 6.78. The van der Waals surface area contributed by atoms with Gasteiger partial charge in [-0.05, 0) is 54.8 Å². The molecule has 1 aromatic heterocycles. The Morgan fingerprint density at radius 2 is 1.68 bits per heavy atom. The maximum absolute atomic E-state index is 14.0. The van der Waals surface area contributed by atoms with E-state index in [2.05, 4.69) is 15.6 Å². The van der Waals surface area contributed by atoms with Crippen molar-refractivity contribution >= 4 is 28.5 Å². The van der Waals surface area contributed by atoms with Crippen molar-refractivity contribution in [2.75, 3.05) is 4.90 Å². The second-order valence-corrected chi connectivity index (χ2v) is 9.33. The SMILES string of the molecule is O=C(NC1CCCCC1)[C@H](c1ccc(O)c(O)c1)N(C(=O)Cn1nnc2ccccc21)c1ccccc1. The molecule has 4 aromatic rings. The number of nitrogens with one attached hydrogen (secondary N) is 1. The lowest BCUT2D eigenvalue weighted by Gasteiger charge is -2.33. The number of para-hydroxylation sites is 2. The molecule has 9 nitrogen and oxygen atoms in total. The minimum Gasteiger partial charge on any atom is -0.504 e. The highest BCUT2D eigenvalue weighted by molar-refractivity contribution is 6.01. The molecule has 0 spiro atoms. The van der Waals surface area contributed by atoms with E-state index in [1.807, 2.05) is 30.3 Å². The summed E-state index contributed by atoms with van der Waals surface area (Å²) in [6, 6.07) is 19.4. The standard InChI is InChI=1S/C28H29N5O4/c34-24-16-15-19(17-25(24)35)27(28(37)29-20-9-3-1-4-10-20)33(21-11-5-2-6-12-21)26(36)18-32-23-14-8-7-13-22(23)30-31-32/h2,5-8,11-17,20,27,34-35H,1,3-4,9-10,18H2,(H,29,37)/t27-/m0/s1. The molecule has 190 valence electrons. The van der Waals surface area contributed by atoms with Gasteiger partial charge in [0.05, 0.1) is 5.52 Å². The van der Waals surface area contributed by atoms with Gasteiger partial charge in [0.2, 0.25) is 11.8 Å². The predicted molar refractivity (Wildman–Crippen MR) is 139 cm³/mol. The van der Waals surface area contributed by atoms with Crippen molar-refractivity contribution in [2.24, 2.45) is 0 Å². The van der Waals surface area contributed by atoms with Gasteiger partial charge in [0.1, 0.15) is 18.1 Å². The van der Waals surface area contributed by atoms with E-state index < -0.39 is 6.04 Å². The third-order valence-corrected chi connectivity index (χ3v) is 6.78. The van der Waals surface area contributed by atoms with Crippen molar-refractivity contribution in [2.45, 2.75) is 50.7 Å². The summed E-state index contributed by atoms with van der Waals surface area (Å²) in [6.45, 7) is -0.146. The van der Waals surface area contributed by atoms with E-state index >= 15 is 0 Å². The normalized spacial score (nSPS) is 14.8. The monoisotopic (exact) mass is 499 g/mol. The first-order valence-electron chi connectivity index (χ1n) is 12.5. The fraction of sp³-hybridized carbons (Fsp3) is 0.286. The van der Waals surface area contributed by atoms with Crippen LogP contribution >= 0.6 is 0 Å². The molecule has 0 bridgehead atoms. The molecule has 1 saturated carbocycles. The van der Waals surface area contributed by atoms with Crippen molar-refractivity contribution in [1.82, 2.24) is 20.3 Å².